The second-order valence-corrected chi connectivity index (χ2v) is 8.65. The molecular formula is C21H20BrCl2NO4. The van der Waals surface area contributed by atoms with Crippen molar-refractivity contribution in [2.45, 2.75) is 27.7 Å². The average Bonchev–Trinajstić information content (AvgIpc) is 2.61. The standard InChI is InChI=1S/C21H20BrCl2NO4/c1-11(2)20(26)28-18-6-14(22)5-13(19(18)29-21(27)12(3)4)10-25-17-8-15(23)7-16(24)9-17/h5-12H,1-4H3. The Kier molecular flexibility index (Phi) is 8.25. The van der Waals surface area contributed by atoms with Crippen molar-refractivity contribution in [3.8, 4) is 11.5 Å². The molecule has 0 fully saturated rings. The van der Waals surface area contributed by atoms with Crippen LogP contribution in [0.1, 0.15) is 33.3 Å². The second-order valence-electron chi connectivity index (χ2n) is 6.86. The van der Waals surface area contributed by atoms with Gasteiger partial charge in [-0.2, -0.15) is 0 Å². The third kappa shape index (κ3) is 6.84. The molecular weight excluding hydrogens is 481 g/mol. The summed E-state index contributed by atoms with van der Waals surface area (Å²) in [6.07, 6.45) is 1.49. The molecule has 0 aliphatic rings. The summed E-state index contributed by atoms with van der Waals surface area (Å²) in [6.45, 7) is 6.85. The maximum absolute atomic E-state index is 12.2. The van der Waals surface area contributed by atoms with Gasteiger partial charge in [-0.1, -0.05) is 66.8 Å². The molecule has 0 saturated heterocycles. The molecule has 29 heavy (non-hydrogen) atoms. The lowest BCUT2D eigenvalue weighted by molar-refractivity contribution is -0.140. The third-order valence-corrected chi connectivity index (χ3v) is 4.50. The van der Waals surface area contributed by atoms with Crippen LogP contribution in [0.4, 0.5) is 5.69 Å². The van der Waals surface area contributed by atoms with Crippen molar-refractivity contribution in [2.75, 3.05) is 0 Å². The van der Waals surface area contributed by atoms with Crippen LogP contribution in [0.5, 0.6) is 11.5 Å². The quantitative estimate of drug-likeness (QED) is 0.253. The summed E-state index contributed by atoms with van der Waals surface area (Å²) < 4.78 is 11.6. The maximum Gasteiger partial charge on any atom is 0.313 e. The highest BCUT2D eigenvalue weighted by Crippen LogP contribution is 2.36. The highest BCUT2D eigenvalue weighted by Gasteiger charge is 2.21. The van der Waals surface area contributed by atoms with E-state index in [-0.39, 0.29) is 23.3 Å². The molecule has 8 heteroatoms. The summed E-state index contributed by atoms with van der Waals surface area (Å²) in [5.74, 6) is -1.41. The molecule has 0 atom stereocenters. The van der Waals surface area contributed by atoms with E-state index in [1.807, 2.05) is 0 Å². The number of aliphatic imine (C=N–C) groups is 1. The number of nitrogens with zero attached hydrogens (tertiary/aromatic N) is 1. The molecule has 5 nitrogen and oxygen atoms in total. The van der Waals surface area contributed by atoms with E-state index in [9.17, 15) is 9.59 Å². The Morgan fingerprint density at radius 2 is 1.48 bits per heavy atom. The van der Waals surface area contributed by atoms with Gasteiger partial charge in [0.15, 0.2) is 11.5 Å². The molecule has 0 aliphatic heterocycles. The van der Waals surface area contributed by atoms with Crippen molar-refractivity contribution in [1.82, 2.24) is 0 Å². The minimum atomic E-state index is -0.463. The van der Waals surface area contributed by atoms with E-state index in [1.165, 1.54) is 6.21 Å². The Morgan fingerprint density at radius 3 is 2.03 bits per heavy atom. The molecule has 0 saturated carbocycles. The first-order chi connectivity index (χ1) is 13.6. The number of esters is 2. The van der Waals surface area contributed by atoms with Crippen molar-refractivity contribution in [2.24, 2.45) is 16.8 Å². The van der Waals surface area contributed by atoms with Gasteiger partial charge in [0.2, 0.25) is 0 Å². The number of carbonyl (C=O) groups is 2. The van der Waals surface area contributed by atoms with Crippen molar-refractivity contribution >= 4 is 63.0 Å². The van der Waals surface area contributed by atoms with E-state index >= 15 is 0 Å². The predicted octanol–water partition coefficient (Wildman–Crippen LogP) is 6.63. The van der Waals surface area contributed by atoms with Crippen LogP contribution in [0.2, 0.25) is 10.0 Å². The van der Waals surface area contributed by atoms with E-state index < -0.39 is 11.9 Å². The van der Waals surface area contributed by atoms with Crippen LogP contribution in [0.15, 0.2) is 39.8 Å². The largest absolute Gasteiger partial charge is 0.422 e. The monoisotopic (exact) mass is 499 g/mol. The van der Waals surface area contributed by atoms with E-state index in [1.54, 1.807) is 58.0 Å². The number of hydrogen-bond donors (Lipinski definition) is 0. The van der Waals surface area contributed by atoms with Gasteiger partial charge in [0.05, 0.1) is 17.5 Å². The van der Waals surface area contributed by atoms with Crippen LogP contribution in [0.25, 0.3) is 0 Å². The molecule has 2 rings (SSSR count). The number of benzene rings is 2. The summed E-state index contributed by atoms with van der Waals surface area (Å²) in [4.78, 5) is 28.7. The van der Waals surface area contributed by atoms with Gasteiger partial charge in [-0.05, 0) is 30.3 Å². The molecule has 0 bridgehead atoms. The summed E-state index contributed by atoms with van der Waals surface area (Å²) in [5.41, 5.74) is 0.959. The van der Waals surface area contributed by atoms with Gasteiger partial charge in [-0.25, -0.2) is 0 Å². The highest BCUT2D eigenvalue weighted by molar-refractivity contribution is 9.10. The first kappa shape index (κ1) is 23.4. The number of hydrogen-bond acceptors (Lipinski definition) is 5. The lowest BCUT2D eigenvalue weighted by atomic mass is 10.1. The van der Waals surface area contributed by atoms with E-state index in [0.29, 0.717) is 25.8 Å². The topological polar surface area (TPSA) is 65.0 Å². The van der Waals surface area contributed by atoms with Crippen LogP contribution in [0.3, 0.4) is 0 Å². The van der Waals surface area contributed by atoms with Crippen LogP contribution in [-0.4, -0.2) is 18.2 Å². The molecule has 154 valence electrons. The molecule has 0 heterocycles. The van der Waals surface area contributed by atoms with Gasteiger partial charge >= 0.3 is 11.9 Å². The molecule has 0 N–H and O–H groups in total. The molecule has 0 amide bonds. The fourth-order valence-corrected chi connectivity index (χ4v) is 3.04. The Labute approximate surface area is 188 Å². The Bertz CT molecular complexity index is 938. The van der Waals surface area contributed by atoms with Gasteiger partial charge in [-0.15, -0.1) is 0 Å². The van der Waals surface area contributed by atoms with Crippen LogP contribution in [0, 0.1) is 11.8 Å². The fraction of sp³-hybridized carbons (Fsp3) is 0.286. The summed E-state index contributed by atoms with van der Waals surface area (Å²) >= 11 is 15.4. The minimum Gasteiger partial charge on any atom is -0.422 e. The van der Waals surface area contributed by atoms with E-state index in [2.05, 4.69) is 20.9 Å². The van der Waals surface area contributed by atoms with E-state index in [4.69, 9.17) is 32.7 Å². The van der Waals surface area contributed by atoms with Gasteiger partial charge in [-0.3, -0.25) is 14.6 Å². The molecule has 0 unspecified atom stereocenters. The smallest absolute Gasteiger partial charge is 0.313 e. The third-order valence-electron chi connectivity index (χ3n) is 3.60. The summed E-state index contributed by atoms with van der Waals surface area (Å²) in [6, 6.07) is 8.14. The molecule has 2 aromatic carbocycles. The molecule has 0 radical (unpaired) electrons. The zero-order valence-electron chi connectivity index (χ0n) is 16.3. The van der Waals surface area contributed by atoms with Crippen molar-refractivity contribution < 1.29 is 19.1 Å². The van der Waals surface area contributed by atoms with E-state index in [0.717, 1.165) is 0 Å². The maximum atomic E-state index is 12.2. The van der Waals surface area contributed by atoms with Gasteiger partial charge in [0, 0.05) is 26.3 Å². The zero-order chi connectivity index (χ0) is 21.7. The lowest BCUT2D eigenvalue weighted by Gasteiger charge is -2.15. The number of rotatable bonds is 6. The van der Waals surface area contributed by atoms with Crippen molar-refractivity contribution in [1.29, 1.82) is 0 Å². The lowest BCUT2D eigenvalue weighted by Crippen LogP contribution is -2.19. The highest BCUT2D eigenvalue weighted by atomic mass is 79.9. The SMILES string of the molecule is CC(C)C(=O)Oc1cc(Br)cc(C=Nc2cc(Cl)cc(Cl)c2)c1OC(=O)C(C)C. The molecule has 0 spiro atoms. The minimum absolute atomic E-state index is 0.109. The Balaban J connectivity index is 2.53. The summed E-state index contributed by atoms with van der Waals surface area (Å²) in [5, 5.41) is 0.883. The zero-order valence-corrected chi connectivity index (χ0v) is 19.4. The Morgan fingerprint density at radius 1 is 0.931 bits per heavy atom. The first-order valence-corrected chi connectivity index (χ1v) is 10.4. The molecule has 0 aliphatic carbocycles. The van der Waals surface area contributed by atoms with Crippen LogP contribution < -0.4 is 9.47 Å². The summed E-state index contributed by atoms with van der Waals surface area (Å²) in [7, 11) is 0. The van der Waals surface area contributed by atoms with Crippen LogP contribution >= 0.6 is 39.1 Å². The molecule has 2 aromatic rings. The van der Waals surface area contributed by atoms with Crippen molar-refractivity contribution in [3.63, 3.8) is 0 Å². The Hall–Kier alpha value is -1.89. The second kappa shape index (κ2) is 10.2. The normalized spacial score (nSPS) is 11.3. The first-order valence-electron chi connectivity index (χ1n) is 8.84. The van der Waals surface area contributed by atoms with Gasteiger partial charge < -0.3 is 9.47 Å². The number of carbonyl (C=O) groups excluding carboxylic acids is 2. The fourth-order valence-electron chi connectivity index (χ4n) is 2.07. The average molecular weight is 501 g/mol. The number of halogens is 3. The number of ether oxygens (including phenoxy) is 2. The van der Waals surface area contributed by atoms with Crippen molar-refractivity contribution in [3.05, 3.63) is 50.4 Å². The van der Waals surface area contributed by atoms with Crippen LogP contribution in [-0.2, 0) is 9.59 Å². The van der Waals surface area contributed by atoms with Gasteiger partial charge in [0.1, 0.15) is 0 Å². The molecule has 0 aromatic heterocycles. The van der Waals surface area contributed by atoms with Gasteiger partial charge in [0.25, 0.3) is 0 Å². The predicted molar refractivity (Wildman–Crippen MR) is 119 cm³/mol.